The number of hydrogen-bond acceptors (Lipinski definition) is 2. The molecule has 0 bridgehead atoms. The Kier molecular flexibility index (Phi) is 7.01. The van der Waals surface area contributed by atoms with Gasteiger partial charge in [-0.2, -0.15) is 0 Å². The highest BCUT2D eigenvalue weighted by Crippen LogP contribution is 2.50. The van der Waals surface area contributed by atoms with Crippen molar-refractivity contribution in [3.63, 3.8) is 0 Å². The molecule has 0 saturated carbocycles. The third-order valence-corrected chi connectivity index (χ3v) is 11.3. The molecule has 0 spiro atoms. The maximum absolute atomic E-state index is 6.72. The summed E-state index contributed by atoms with van der Waals surface area (Å²) in [5, 5.41) is 7.08. The quantitative estimate of drug-likeness (QED) is 0.126. The molecule has 0 unspecified atom stereocenters. The lowest BCUT2D eigenvalue weighted by atomic mass is 10.0. The van der Waals surface area contributed by atoms with Crippen LogP contribution in [0.1, 0.15) is 0 Å². The van der Waals surface area contributed by atoms with Gasteiger partial charge in [0.1, 0.15) is 17.3 Å². The molecular formula is C51H34N6O. The second-order valence-corrected chi connectivity index (χ2v) is 14.7. The third-order valence-electron chi connectivity index (χ3n) is 11.3. The lowest BCUT2D eigenvalue weighted by Gasteiger charge is -2.14. The van der Waals surface area contributed by atoms with Crippen molar-refractivity contribution in [3.8, 4) is 34.4 Å². The summed E-state index contributed by atoms with van der Waals surface area (Å²) in [4.78, 5) is 5.05. The molecule has 7 nitrogen and oxygen atoms in total. The fraction of sp³-hybridized carbons (Fsp3) is 0.0196. The molecule has 12 aromatic rings. The van der Waals surface area contributed by atoms with Crippen molar-refractivity contribution in [2.75, 3.05) is 0 Å². The van der Waals surface area contributed by atoms with Gasteiger partial charge in [0.05, 0.1) is 45.8 Å². The minimum Gasteiger partial charge on any atom is -0.458 e. The molecule has 0 aliphatic rings. The van der Waals surface area contributed by atoms with Crippen molar-refractivity contribution in [2.45, 2.75) is 0 Å². The summed E-state index contributed by atoms with van der Waals surface area (Å²) in [6.45, 7) is 0. The number of ether oxygens (including phenoxy) is 1. The van der Waals surface area contributed by atoms with Crippen LogP contribution in [0.3, 0.4) is 0 Å². The first-order valence-electron chi connectivity index (χ1n) is 19.4. The van der Waals surface area contributed by atoms with Gasteiger partial charge >= 0.3 is 0 Å². The monoisotopic (exact) mass is 746 g/mol. The highest BCUT2D eigenvalue weighted by Gasteiger charge is 2.29. The predicted octanol–water partition coefficient (Wildman–Crippen LogP) is 11.6. The van der Waals surface area contributed by atoms with Crippen molar-refractivity contribution in [3.05, 3.63) is 195 Å². The van der Waals surface area contributed by atoms with Gasteiger partial charge in [-0.15, -0.1) is 0 Å². The number of para-hydroxylation sites is 4. The van der Waals surface area contributed by atoms with E-state index in [2.05, 4.69) is 166 Å². The zero-order valence-corrected chi connectivity index (χ0v) is 31.5. The number of aryl methyl sites for hydroxylation is 1. The van der Waals surface area contributed by atoms with Crippen molar-refractivity contribution < 1.29 is 9.30 Å². The maximum Gasteiger partial charge on any atom is 0.243 e. The van der Waals surface area contributed by atoms with E-state index in [0.29, 0.717) is 0 Å². The Hall–Kier alpha value is -7.90. The van der Waals surface area contributed by atoms with Crippen LogP contribution in [-0.2, 0) is 7.05 Å². The summed E-state index contributed by atoms with van der Waals surface area (Å²) in [5.74, 6) is 2.29. The number of hydrogen-bond donors (Lipinski definition) is 0. The number of nitrogens with zero attached hydrogens (tertiary/aromatic N) is 6. The van der Waals surface area contributed by atoms with Crippen LogP contribution < -0.4 is 9.30 Å². The van der Waals surface area contributed by atoms with Crippen LogP contribution in [0.4, 0.5) is 0 Å². The lowest BCUT2D eigenvalue weighted by molar-refractivity contribution is -0.599. The first-order chi connectivity index (χ1) is 28.7. The van der Waals surface area contributed by atoms with Crippen LogP contribution in [0.25, 0.3) is 88.3 Å². The van der Waals surface area contributed by atoms with E-state index in [1.165, 1.54) is 21.5 Å². The molecule has 5 heterocycles. The molecule has 58 heavy (non-hydrogen) atoms. The van der Waals surface area contributed by atoms with Gasteiger partial charge in [-0.05, 0) is 72.8 Å². The normalized spacial score (nSPS) is 11.9. The Balaban J connectivity index is 1.28. The van der Waals surface area contributed by atoms with Gasteiger partial charge < -0.3 is 23.0 Å². The Morgan fingerprint density at radius 1 is 0.500 bits per heavy atom. The first-order valence-corrected chi connectivity index (χ1v) is 19.4. The standard InChI is InChI=1S/C51H34N6O/c1-53-29-30-54(33-53)36-19-14-20-37(31-36)58-38-26-27-41-44(32-38)57(45-25-12-13-28-52-45)51-48(41)49-46(39-21-8-10-23-42(39)55(49)34-15-4-2-5-16-34)47-40-22-9-11-24-43(40)56(50(47)51)35-17-6-3-7-18-35/h2-32H,1H3. The van der Waals surface area contributed by atoms with Gasteiger partial charge in [-0.25, -0.2) is 4.98 Å². The molecule has 0 fully saturated rings. The molecule has 0 amide bonds. The van der Waals surface area contributed by atoms with Crippen molar-refractivity contribution in [1.82, 2.24) is 23.3 Å². The average Bonchev–Trinajstić information content (AvgIpc) is 4.04. The van der Waals surface area contributed by atoms with Crippen LogP contribution in [-0.4, -0.2) is 23.3 Å². The third kappa shape index (κ3) is 4.74. The van der Waals surface area contributed by atoms with Gasteiger partial charge in [0, 0.05) is 68.3 Å². The van der Waals surface area contributed by atoms with E-state index in [9.17, 15) is 0 Å². The molecule has 0 aliphatic heterocycles. The Morgan fingerprint density at radius 2 is 1.10 bits per heavy atom. The average molecular weight is 747 g/mol. The van der Waals surface area contributed by atoms with Gasteiger partial charge in [-0.1, -0.05) is 91.0 Å². The van der Waals surface area contributed by atoms with Crippen LogP contribution in [0.5, 0.6) is 11.5 Å². The van der Waals surface area contributed by atoms with Crippen LogP contribution in [0.2, 0.25) is 0 Å². The van der Waals surface area contributed by atoms with Crippen LogP contribution >= 0.6 is 0 Å². The van der Waals surface area contributed by atoms with E-state index in [4.69, 9.17) is 9.72 Å². The fourth-order valence-electron chi connectivity index (χ4n) is 9.04. The zero-order valence-electron chi connectivity index (χ0n) is 31.5. The molecular weight excluding hydrogens is 713 g/mol. The minimum absolute atomic E-state index is 0.728. The van der Waals surface area contributed by atoms with Crippen molar-refractivity contribution in [2.24, 2.45) is 7.05 Å². The highest BCUT2D eigenvalue weighted by atomic mass is 16.5. The number of benzene rings is 7. The van der Waals surface area contributed by atoms with Gasteiger partial charge in [-0.3, -0.25) is 4.57 Å². The molecule has 7 aromatic carbocycles. The molecule has 0 aliphatic carbocycles. The lowest BCUT2D eigenvalue weighted by Crippen LogP contribution is -2.27. The van der Waals surface area contributed by atoms with E-state index in [-0.39, 0.29) is 0 Å². The van der Waals surface area contributed by atoms with Crippen LogP contribution in [0.15, 0.2) is 188 Å². The predicted molar refractivity (Wildman–Crippen MR) is 233 cm³/mol. The minimum atomic E-state index is 0.728. The molecule has 0 saturated heterocycles. The Labute approximate surface area is 333 Å². The van der Waals surface area contributed by atoms with Crippen LogP contribution in [0, 0.1) is 6.33 Å². The smallest absolute Gasteiger partial charge is 0.243 e. The summed E-state index contributed by atoms with van der Waals surface area (Å²) in [6, 6.07) is 59.9. The van der Waals surface area contributed by atoms with E-state index >= 15 is 0 Å². The van der Waals surface area contributed by atoms with Crippen molar-refractivity contribution in [1.29, 1.82) is 0 Å². The number of pyridine rings is 1. The highest BCUT2D eigenvalue weighted by molar-refractivity contribution is 6.40. The summed E-state index contributed by atoms with van der Waals surface area (Å²) >= 11 is 0. The SMILES string of the molecule is Cn1[c-][n+](-c2cccc(Oc3ccc4c5c6c(c7ccccc7n6-c6ccccc6)c6c7ccccc7n(-c7ccccc7)c6c5n(-c5ccccn5)c4c3)c2)cc1. The molecule has 0 radical (unpaired) electrons. The zero-order chi connectivity index (χ0) is 38.3. The molecule has 5 aromatic heterocycles. The van der Waals surface area contributed by atoms with E-state index in [0.717, 1.165) is 78.3 Å². The van der Waals surface area contributed by atoms with Gasteiger partial charge in [0.2, 0.25) is 6.33 Å². The Morgan fingerprint density at radius 3 is 1.78 bits per heavy atom. The summed E-state index contributed by atoms with van der Waals surface area (Å²) in [5.41, 5.74) is 9.81. The molecule has 0 atom stereocenters. The topological polar surface area (TPSA) is 45.7 Å². The number of aromatic nitrogens is 6. The van der Waals surface area contributed by atoms with Crippen molar-refractivity contribution >= 4 is 65.4 Å². The second-order valence-electron chi connectivity index (χ2n) is 14.7. The first kappa shape index (κ1) is 32.4. The number of rotatable bonds is 6. The number of fused-ring (bicyclic) bond motifs is 12. The molecule has 0 N–H and O–H groups in total. The maximum atomic E-state index is 6.72. The molecule has 12 rings (SSSR count). The van der Waals surface area contributed by atoms with E-state index in [1.54, 1.807) is 0 Å². The molecule has 7 heteroatoms. The van der Waals surface area contributed by atoms with E-state index in [1.807, 2.05) is 59.0 Å². The second kappa shape index (κ2) is 12.6. The summed E-state index contributed by atoms with van der Waals surface area (Å²) in [7, 11) is 1.97. The van der Waals surface area contributed by atoms with Gasteiger partial charge in [0.25, 0.3) is 0 Å². The summed E-state index contributed by atoms with van der Waals surface area (Å²) in [6.07, 6.45) is 9.13. The number of imidazole rings is 1. The summed E-state index contributed by atoms with van der Waals surface area (Å²) < 4.78 is 17.8. The fourth-order valence-corrected chi connectivity index (χ4v) is 9.04. The van der Waals surface area contributed by atoms with Gasteiger partial charge in [0.15, 0.2) is 0 Å². The largest absolute Gasteiger partial charge is 0.458 e. The Bertz CT molecular complexity index is 3540. The molecule has 274 valence electrons. The van der Waals surface area contributed by atoms with E-state index < -0.39 is 0 Å².